The van der Waals surface area contributed by atoms with E-state index >= 15 is 0 Å². The Kier molecular flexibility index (Phi) is 4.24. The highest BCUT2D eigenvalue weighted by Gasteiger charge is 2.29. The van der Waals surface area contributed by atoms with Gasteiger partial charge in [0.1, 0.15) is 5.75 Å². The van der Waals surface area contributed by atoms with Gasteiger partial charge in [0.25, 0.3) is 5.91 Å². The summed E-state index contributed by atoms with van der Waals surface area (Å²) in [5.74, 6) is 0.428. The molecule has 1 aromatic carbocycles. The molecule has 0 saturated heterocycles. The first-order chi connectivity index (χ1) is 9.02. The molecule has 5 heteroatoms. The number of hydrogen-bond donors (Lipinski definition) is 0. The van der Waals surface area contributed by atoms with Gasteiger partial charge in [-0.2, -0.15) is 0 Å². The SMILES string of the molecule is Cc1cc(Br)cc(C=O)c1OCC(=O)N(C)C1CC1. The van der Waals surface area contributed by atoms with Crippen molar-refractivity contribution in [3.63, 3.8) is 0 Å². The van der Waals surface area contributed by atoms with Crippen molar-refractivity contribution in [1.29, 1.82) is 0 Å². The fourth-order valence-electron chi connectivity index (χ4n) is 1.94. The van der Waals surface area contributed by atoms with Crippen molar-refractivity contribution < 1.29 is 14.3 Å². The largest absolute Gasteiger partial charge is 0.483 e. The molecule has 0 unspecified atom stereocenters. The molecule has 0 aliphatic heterocycles. The van der Waals surface area contributed by atoms with Crippen LogP contribution in [0, 0.1) is 6.92 Å². The fraction of sp³-hybridized carbons (Fsp3) is 0.429. The summed E-state index contributed by atoms with van der Waals surface area (Å²) in [7, 11) is 1.79. The monoisotopic (exact) mass is 325 g/mol. The predicted molar refractivity (Wildman–Crippen MR) is 75.6 cm³/mol. The van der Waals surface area contributed by atoms with Gasteiger partial charge in [-0.3, -0.25) is 9.59 Å². The number of aryl methyl sites for hydroxylation is 1. The second kappa shape index (κ2) is 5.74. The average Bonchev–Trinajstić information content (AvgIpc) is 3.19. The van der Waals surface area contributed by atoms with Gasteiger partial charge in [0.05, 0.1) is 5.56 Å². The maximum Gasteiger partial charge on any atom is 0.260 e. The van der Waals surface area contributed by atoms with Crippen molar-refractivity contribution in [3.8, 4) is 5.75 Å². The predicted octanol–water partition coefficient (Wildman–Crippen LogP) is 2.57. The molecule has 1 fully saturated rings. The van der Waals surface area contributed by atoms with Gasteiger partial charge in [0.15, 0.2) is 12.9 Å². The molecule has 1 aliphatic carbocycles. The van der Waals surface area contributed by atoms with E-state index in [9.17, 15) is 9.59 Å². The maximum atomic E-state index is 11.9. The first-order valence-corrected chi connectivity index (χ1v) is 6.96. The van der Waals surface area contributed by atoms with Crippen LogP contribution in [0.2, 0.25) is 0 Å². The molecule has 0 bridgehead atoms. The second-order valence-electron chi connectivity index (χ2n) is 4.78. The van der Waals surface area contributed by atoms with Crippen LogP contribution in [-0.4, -0.2) is 36.8 Å². The Morgan fingerprint density at radius 1 is 1.53 bits per heavy atom. The molecule has 0 atom stereocenters. The van der Waals surface area contributed by atoms with E-state index in [0.717, 1.165) is 29.2 Å². The molecule has 0 heterocycles. The van der Waals surface area contributed by atoms with E-state index in [1.807, 2.05) is 13.0 Å². The van der Waals surface area contributed by atoms with Gasteiger partial charge >= 0.3 is 0 Å². The molecule has 1 aromatic rings. The number of hydrogen-bond acceptors (Lipinski definition) is 3. The first-order valence-electron chi connectivity index (χ1n) is 6.16. The van der Waals surface area contributed by atoms with Crippen LogP contribution in [0.15, 0.2) is 16.6 Å². The highest BCUT2D eigenvalue weighted by Crippen LogP contribution is 2.28. The van der Waals surface area contributed by atoms with E-state index < -0.39 is 0 Å². The molecule has 19 heavy (non-hydrogen) atoms. The Morgan fingerprint density at radius 2 is 2.21 bits per heavy atom. The lowest BCUT2D eigenvalue weighted by atomic mass is 10.1. The molecule has 1 aliphatic rings. The second-order valence-corrected chi connectivity index (χ2v) is 5.70. The average molecular weight is 326 g/mol. The van der Waals surface area contributed by atoms with Crippen molar-refractivity contribution >= 4 is 28.1 Å². The highest BCUT2D eigenvalue weighted by atomic mass is 79.9. The zero-order valence-corrected chi connectivity index (χ0v) is 12.6. The van der Waals surface area contributed by atoms with Gasteiger partial charge in [-0.25, -0.2) is 0 Å². The summed E-state index contributed by atoms with van der Waals surface area (Å²) < 4.78 is 6.35. The van der Waals surface area contributed by atoms with Crippen LogP contribution in [-0.2, 0) is 4.79 Å². The third-order valence-corrected chi connectivity index (χ3v) is 3.68. The van der Waals surface area contributed by atoms with Gasteiger partial charge in [-0.1, -0.05) is 15.9 Å². The number of nitrogens with zero attached hydrogens (tertiary/aromatic N) is 1. The summed E-state index contributed by atoms with van der Waals surface area (Å²) in [4.78, 5) is 24.6. The lowest BCUT2D eigenvalue weighted by molar-refractivity contribution is -0.132. The summed E-state index contributed by atoms with van der Waals surface area (Å²) in [6.07, 6.45) is 2.88. The van der Waals surface area contributed by atoms with Crippen LogP contribution in [0.3, 0.4) is 0 Å². The quantitative estimate of drug-likeness (QED) is 0.782. The van der Waals surface area contributed by atoms with Crippen LogP contribution in [0.5, 0.6) is 5.75 Å². The molecule has 0 spiro atoms. The lowest BCUT2D eigenvalue weighted by Crippen LogP contribution is -2.33. The van der Waals surface area contributed by atoms with Crippen molar-refractivity contribution in [2.45, 2.75) is 25.8 Å². The number of rotatable bonds is 5. The molecule has 2 rings (SSSR count). The zero-order valence-electron chi connectivity index (χ0n) is 11.0. The molecule has 1 amide bonds. The van der Waals surface area contributed by atoms with Crippen LogP contribution in [0.25, 0.3) is 0 Å². The van der Waals surface area contributed by atoms with Gasteiger partial charge in [0.2, 0.25) is 0 Å². The first kappa shape index (κ1) is 14.1. The minimum atomic E-state index is -0.0540. The Hall–Kier alpha value is -1.36. The number of aldehydes is 1. The van der Waals surface area contributed by atoms with Crippen LogP contribution in [0.4, 0.5) is 0 Å². The van der Waals surface area contributed by atoms with E-state index in [1.54, 1.807) is 18.0 Å². The van der Waals surface area contributed by atoms with E-state index in [4.69, 9.17) is 4.74 Å². The minimum Gasteiger partial charge on any atom is -0.483 e. The summed E-state index contributed by atoms with van der Waals surface area (Å²) in [5, 5.41) is 0. The number of amides is 1. The third-order valence-electron chi connectivity index (χ3n) is 3.22. The van der Waals surface area contributed by atoms with E-state index in [0.29, 0.717) is 17.4 Å². The summed E-state index contributed by atoms with van der Waals surface area (Å²) >= 11 is 3.33. The van der Waals surface area contributed by atoms with Gasteiger partial charge in [0, 0.05) is 17.6 Å². The zero-order chi connectivity index (χ0) is 14.0. The minimum absolute atomic E-state index is 0.0314. The van der Waals surface area contributed by atoms with Crippen molar-refractivity contribution in [2.24, 2.45) is 0 Å². The lowest BCUT2D eigenvalue weighted by Gasteiger charge is -2.18. The molecule has 4 nitrogen and oxygen atoms in total. The highest BCUT2D eigenvalue weighted by molar-refractivity contribution is 9.10. The Balaban J connectivity index is 2.06. The van der Waals surface area contributed by atoms with Gasteiger partial charge < -0.3 is 9.64 Å². The number of carbonyl (C=O) groups excluding carboxylic acids is 2. The Labute approximate surface area is 120 Å². The third kappa shape index (κ3) is 3.35. The van der Waals surface area contributed by atoms with Crippen LogP contribution >= 0.6 is 15.9 Å². The number of carbonyl (C=O) groups is 2. The van der Waals surface area contributed by atoms with E-state index in [1.165, 1.54) is 0 Å². The maximum absolute atomic E-state index is 11.9. The van der Waals surface area contributed by atoms with Crippen molar-refractivity contribution in [1.82, 2.24) is 4.90 Å². The van der Waals surface area contributed by atoms with Crippen molar-refractivity contribution in [3.05, 3.63) is 27.7 Å². The number of halogens is 1. The van der Waals surface area contributed by atoms with Gasteiger partial charge in [-0.05, 0) is 37.5 Å². The number of ether oxygens (including phenoxy) is 1. The summed E-state index contributed by atoms with van der Waals surface area (Å²) in [6, 6.07) is 3.91. The summed E-state index contributed by atoms with van der Waals surface area (Å²) in [5.41, 5.74) is 1.28. The standard InChI is InChI=1S/C14H16BrNO3/c1-9-5-11(15)6-10(7-17)14(9)19-8-13(18)16(2)12-3-4-12/h5-7,12H,3-4,8H2,1-2H3. The van der Waals surface area contributed by atoms with Crippen LogP contribution in [0.1, 0.15) is 28.8 Å². The fourth-order valence-corrected chi connectivity index (χ4v) is 2.53. The molecule has 0 radical (unpaired) electrons. The molecule has 1 saturated carbocycles. The Morgan fingerprint density at radius 3 is 2.79 bits per heavy atom. The van der Waals surface area contributed by atoms with Crippen molar-refractivity contribution in [2.75, 3.05) is 13.7 Å². The smallest absolute Gasteiger partial charge is 0.260 e. The summed E-state index contributed by atoms with van der Waals surface area (Å²) in [6.45, 7) is 1.82. The normalized spacial score (nSPS) is 14.1. The topological polar surface area (TPSA) is 46.6 Å². The van der Waals surface area contributed by atoms with E-state index in [2.05, 4.69) is 15.9 Å². The van der Waals surface area contributed by atoms with Crippen LogP contribution < -0.4 is 4.74 Å². The molecular formula is C14H16BrNO3. The van der Waals surface area contributed by atoms with E-state index in [-0.39, 0.29) is 12.5 Å². The molecular weight excluding hydrogens is 310 g/mol. The molecule has 102 valence electrons. The number of benzene rings is 1. The van der Waals surface area contributed by atoms with Gasteiger partial charge in [-0.15, -0.1) is 0 Å². The molecule has 0 N–H and O–H groups in total. The number of likely N-dealkylation sites (N-methyl/N-ethyl adjacent to an activating group) is 1. The molecule has 0 aromatic heterocycles. The Bertz CT molecular complexity index is 512.